The number of carbonyl (C=O) groups excluding carboxylic acids is 1. The van der Waals surface area contributed by atoms with Crippen LogP contribution in [0.25, 0.3) is 22.6 Å². The summed E-state index contributed by atoms with van der Waals surface area (Å²) in [6.07, 6.45) is 0. The summed E-state index contributed by atoms with van der Waals surface area (Å²) in [5.74, 6) is 0.443. The van der Waals surface area contributed by atoms with Crippen molar-refractivity contribution in [2.45, 2.75) is 6.54 Å². The van der Waals surface area contributed by atoms with Crippen molar-refractivity contribution in [3.05, 3.63) is 63.4 Å². The SMILES string of the molecule is O=C(Cn1c(-c2cscn2)nc2ccccc21)Nc1ccc(Cl)cc1Cl. The van der Waals surface area contributed by atoms with E-state index in [-0.39, 0.29) is 12.5 Å². The average molecular weight is 403 g/mol. The number of hydrogen-bond donors (Lipinski definition) is 1. The standard InChI is InChI=1S/C18H12Cl2N4OS/c19-11-5-6-13(12(20)7-11)22-17(25)8-24-16-4-2-1-3-14(16)23-18(24)15-9-26-10-21-15/h1-7,9-10H,8H2,(H,22,25). The second-order valence-electron chi connectivity index (χ2n) is 5.56. The number of amides is 1. The number of para-hydroxylation sites is 2. The van der Waals surface area contributed by atoms with E-state index in [1.54, 1.807) is 23.7 Å². The number of imidazole rings is 1. The van der Waals surface area contributed by atoms with Crippen LogP contribution in [0.2, 0.25) is 10.0 Å². The van der Waals surface area contributed by atoms with Crippen LogP contribution >= 0.6 is 34.5 Å². The molecule has 8 heteroatoms. The Bertz CT molecular complexity index is 1090. The first-order valence-electron chi connectivity index (χ1n) is 7.70. The lowest BCUT2D eigenvalue weighted by molar-refractivity contribution is -0.116. The Labute approximate surface area is 163 Å². The molecule has 0 bridgehead atoms. The van der Waals surface area contributed by atoms with Gasteiger partial charge in [-0.1, -0.05) is 35.3 Å². The van der Waals surface area contributed by atoms with E-state index in [1.165, 1.54) is 11.3 Å². The van der Waals surface area contributed by atoms with Crippen LogP contribution in [0.1, 0.15) is 0 Å². The number of nitrogens with zero attached hydrogens (tertiary/aromatic N) is 3. The first-order valence-corrected chi connectivity index (χ1v) is 9.40. The molecule has 0 atom stereocenters. The predicted octanol–water partition coefficient (Wildman–Crippen LogP) is 5.11. The highest BCUT2D eigenvalue weighted by Gasteiger charge is 2.17. The van der Waals surface area contributed by atoms with Crippen molar-refractivity contribution in [3.8, 4) is 11.5 Å². The molecule has 0 aliphatic heterocycles. The van der Waals surface area contributed by atoms with Gasteiger partial charge in [0.2, 0.25) is 5.91 Å². The van der Waals surface area contributed by atoms with Gasteiger partial charge in [-0.05, 0) is 30.3 Å². The van der Waals surface area contributed by atoms with Crippen LogP contribution in [-0.2, 0) is 11.3 Å². The summed E-state index contributed by atoms with van der Waals surface area (Å²) in [7, 11) is 0. The maximum Gasteiger partial charge on any atom is 0.244 e. The van der Waals surface area contributed by atoms with Crippen LogP contribution in [-0.4, -0.2) is 20.4 Å². The van der Waals surface area contributed by atoms with E-state index >= 15 is 0 Å². The minimum absolute atomic E-state index is 0.0896. The predicted molar refractivity (Wildman–Crippen MR) is 106 cm³/mol. The van der Waals surface area contributed by atoms with Gasteiger partial charge < -0.3 is 9.88 Å². The van der Waals surface area contributed by atoms with Gasteiger partial charge >= 0.3 is 0 Å². The van der Waals surface area contributed by atoms with E-state index in [1.807, 2.05) is 34.2 Å². The van der Waals surface area contributed by atoms with E-state index in [4.69, 9.17) is 23.2 Å². The number of carbonyl (C=O) groups is 1. The quantitative estimate of drug-likeness (QED) is 0.516. The molecular formula is C18H12Cl2N4OS. The van der Waals surface area contributed by atoms with Crippen molar-refractivity contribution in [1.29, 1.82) is 0 Å². The number of aromatic nitrogens is 3. The highest BCUT2D eigenvalue weighted by molar-refractivity contribution is 7.07. The maximum absolute atomic E-state index is 12.6. The molecule has 1 amide bonds. The number of halogens is 2. The largest absolute Gasteiger partial charge is 0.323 e. The van der Waals surface area contributed by atoms with Gasteiger partial charge in [-0.25, -0.2) is 9.97 Å². The minimum Gasteiger partial charge on any atom is -0.323 e. The third-order valence-corrected chi connectivity index (χ3v) is 4.96. The molecule has 4 aromatic rings. The van der Waals surface area contributed by atoms with Crippen LogP contribution in [0.4, 0.5) is 5.69 Å². The third-order valence-electron chi connectivity index (χ3n) is 3.82. The van der Waals surface area contributed by atoms with Crippen LogP contribution in [0.5, 0.6) is 0 Å². The van der Waals surface area contributed by atoms with Crippen molar-refractivity contribution in [1.82, 2.24) is 14.5 Å². The van der Waals surface area contributed by atoms with E-state index in [0.29, 0.717) is 21.6 Å². The Balaban J connectivity index is 1.68. The summed E-state index contributed by atoms with van der Waals surface area (Å²) in [6.45, 7) is 0.0896. The zero-order valence-corrected chi connectivity index (χ0v) is 15.6. The molecule has 4 rings (SSSR count). The second kappa shape index (κ2) is 7.07. The zero-order valence-electron chi connectivity index (χ0n) is 13.3. The van der Waals surface area contributed by atoms with Crippen molar-refractivity contribution in [3.63, 3.8) is 0 Å². The molecule has 130 valence electrons. The Morgan fingerprint density at radius 3 is 2.81 bits per heavy atom. The summed E-state index contributed by atoms with van der Waals surface area (Å²) in [5.41, 5.74) is 4.68. The normalized spacial score (nSPS) is 11.0. The second-order valence-corrected chi connectivity index (χ2v) is 7.12. The molecule has 0 aliphatic carbocycles. The monoisotopic (exact) mass is 402 g/mol. The fraction of sp³-hybridized carbons (Fsp3) is 0.0556. The molecule has 26 heavy (non-hydrogen) atoms. The Morgan fingerprint density at radius 2 is 2.04 bits per heavy atom. The van der Waals surface area contributed by atoms with Crippen molar-refractivity contribution in [2.24, 2.45) is 0 Å². The molecule has 0 radical (unpaired) electrons. The summed E-state index contributed by atoms with van der Waals surface area (Å²) in [4.78, 5) is 21.6. The fourth-order valence-corrected chi connectivity index (χ4v) is 3.66. The fourth-order valence-electron chi connectivity index (χ4n) is 2.68. The third kappa shape index (κ3) is 3.31. The molecule has 0 fully saturated rings. The number of nitrogens with one attached hydrogen (secondary N) is 1. The molecular weight excluding hydrogens is 391 g/mol. The van der Waals surface area contributed by atoms with Gasteiger partial charge in [0.05, 0.1) is 27.3 Å². The molecule has 0 spiro atoms. The van der Waals surface area contributed by atoms with Crippen LogP contribution in [0.15, 0.2) is 53.4 Å². The first kappa shape index (κ1) is 17.0. The Kier molecular flexibility index (Phi) is 4.63. The highest BCUT2D eigenvalue weighted by Crippen LogP contribution is 2.27. The van der Waals surface area contributed by atoms with Gasteiger partial charge in [0.1, 0.15) is 12.2 Å². The zero-order chi connectivity index (χ0) is 18.1. The topological polar surface area (TPSA) is 59.8 Å². The van der Waals surface area contributed by atoms with Crippen molar-refractivity contribution < 1.29 is 4.79 Å². The smallest absolute Gasteiger partial charge is 0.244 e. The van der Waals surface area contributed by atoms with Gasteiger partial charge in [-0.15, -0.1) is 11.3 Å². The molecule has 0 aliphatic rings. The number of benzene rings is 2. The number of rotatable bonds is 4. The number of hydrogen-bond acceptors (Lipinski definition) is 4. The van der Waals surface area contributed by atoms with Gasteiger partial charge in [0.25, 0.3) is 0 Å². The minimum atomic E-state index is -0.214. The van der Waals surface area contributed by atoms with Gasteiger partial charge in [-0.2, -0.15) is 0 Å². The van der Waals surface area contributed by atoms with Gasteiger partial charge in [-0.3, -0.25) is 4.79 Å². The van der Waals surface area contributed by atoms with Crippen molar-refractivity contribution >= 4 is 57.2 Å². The lowest BCUT2D eigenvalue weighted by Gasteiger charge is -2.10. The summed E-state index contributed by atoms with van der Waals surface area (Å²) >= 11 is 13.5. The van der Waals surface area contributed by atoms with Crippen LogP contribution in [0, 0.1) is 0 Å². The van der Waals surface area contributed by atoms with Gasteiger partial charge in [0, 0.05) is 10.4 Å². The molecule has 0 unspecified atom stereocenters. The Morgan fingerprint density at radius 1 is 1.19 bits per heavy atom. The van der Waals surface area contributed by atoms with Crippen molar-refractivity contribution in [2.75, 3.05) is 5.32 Å². The molecule has 2 aromatic carbocycles. The summed E-state index contributed by atoms with van der Waals surface area (Å²) in [6, 6.07) is 12.6. The molecule has 2 heterocycles. The van der Waals surface area contributed by atoms with Crippen LogP contribution in [0.3, 0.4) is 0 Å². The van der Waals surface area contributed by atoms with E-state index in [2.05, 4.69) is 15.3 Å². The molecule has 1 N–H and O–H groups in total. The number of fused-ring (bicyclic) bond motifs is 1. The summed E-state index contributed by atoms with van der Waals surface area (Å²) < 4.78 is 1.85. The van der Waals surface area contributed by atoms with E-state index < -0.39 is 0 Å². The van der Waals surface area contributed by atoms with Crippen LogP contribution < -0.4 is 5.32 Å². The maximum atomic E-state index is 12.6. The molecule has 2 aromatic heterocycles. The van der Waals surface area contributed by atoms with Gasteiger partial charge in [0.15, 0.2) is 5.82 Å². The molecule has 5 nitrogen and oxygen atoms in total. The first-order chi connectivity index (χ1) is 12.6. The number of anilines is 1. The lowest BCUT2D eigenvalue weighted by atomic mass is 10.3. The highest BCUT2D eigenvalue weighted by atomic mass is 35.5. The van der Waals surface area contributed by atoms with E-state index in [9.17, 15) is 4.79 Å². The van der Waals surface area contributed by atoms with E-state index in [0.717, 1.165) is 16.7 Å². The lowest BCUT2D eigenvalue weighted by Crippen LogP contribution is -2.19. The average Bonchev–Trinajstić information content (AvgIpc) is 3.26. The molecule has 0 saturated heterocycles. The Hall–Kier alpha value is -2.41. The molecule has 0 saturated carbocycles. The number of thiazole rings is 1. The summed E-state index contributed by atoms with van der Waals surface area (Å²) in [5, 5.41) is 5.63.